The minimum atomic E-state index is -3.34. The monoisotopic (exact) mass is 315 g/mol. The minimum absolute atomic E-state index is 0.269. The average molecular weight is 315 g/mol. The topological polar surface area (TPSA) is 89.8 Å². The Balaban J connectivity index is 1.95. The van der Waals surface area contributed by atoms with Gasteiger partial charge in [0.1, 0.15) is 11.5 Å². The maximum atomic E-state index is 11.2. The number of aromatic nitrogens is 4. The van der Waals surface area contributed by atoms with Crippen LogP contribution in [-0.4, -0.2) is 34.2 Å². The fraction of sp³-hybridized carbons (Fsp3) is 0.0714. The van der Waals surface area contributed by atoms with Crippen molar-refractivity contribution in [3.8, 4) is 17.2 Å². The molecule has 8 heteroatoms. The Morgan fingerprint density at radius 2 is 1.91 bits per heavy atom. The summed E-state index contributed by atoms with van der Waals surface area (Å²) in [5.74, 6) is 0.956. The molecule has 112 valence electrons. The third kappa shape index (κ3) is 3.12. The first-order valence-corrected chi connectivity index (χ1v) is 8.31. The van der Waals surface area contributed by atoms with Gasteiger partial charge in [-0.3, -0.25) is 14.3 Å². The molecular formula is C14H13N5O2S. The van der Waals surface area contributed by atoms with E-state index in [0.29, 0.717) is 5.82 Å². The predicted octanol–water partition coefficient (Wildman–Crippen LogP) is 1.70. The van der Waals surface area contributed by atoms with E-state index in [9.17, 15) is 8.42 Å². The predicted molar refractivity (Wildman–Crippen MR) is 83.1 cm³/mol. The summed E-state index contributed by atoms with van der Waals surface area (Å²) in [6, 6.07) is 8.95. The van der Waals surface area contributed by atoms with Crippen molar-refractivity contribution in [1.82, 2.24) is 19.5 Å². The van der Waals surface area contributed by atoms with Crippen molar-refractivity contribution in [2.75, 3.05) is 11.0 Å². The lowest BCUT2D eigenvalue weighted by atomic mass is 10.3. The molecule has 0 aromatic carbocycles. The average Bonchev–Trinajstić information content (AvgIpc) is 2.97. The highest BCUT2D eigenvalue weighted by Gasteiger charge is 2.09. The van der Waals surface area contributed by atoms with Gasteiger partial charge in [-0.15, -0.1) is 0 Å². The van der Waals surface area contributed by atoms with Crippen LogP contribution in [-0.2, 0) is 10.0 Å². The van der Waals surface area contributed by atoms with Gasteiger partial charge >= 0.3 is 0 Å². The van der Waals surface area contributed by atoms with Gasteiger partial charge in [-0.1, -0.05) is 6.07 Å². The molecule has 3 heterocycles. The largest absolute Gasteiger partial charge is 0.297 e. The zero-order chi connectivity index (χ0) is 15.6. The van der Waals surface area contributed by atoms with E-state index in [1.54, 1.807) is 36.9 Å². The Morgan fingerprint density at radius 1 is 1.05 bits per heavy atom. The van der Waals surface area contributed by atoms with Gasteiger partial charge in [0.15, 0.2) is 5.82 Å². The molecule has 3 aromatic heterocycles. The van der Waals surface area contributed by atoms with Crippen LogP contribution in [0.2, 0.25) is 0 Å². The first kappa shape index (κ1) is 14.2. The third-order valence-corrected chi connectivity index (χ3v) is 3.43. The summed E-state index contributed by atoms with van der Waals surface area (Å²) in [7, 11) is -3.34. The van der Waals surface area contributed by atoms with E-state index in [1.807, 2.05) is 22.8 Å². The highest BCUT2D eigenvalue weighted by Crippen LogP contribution is 2.19. The number of anilines is 1. The summed E-state index contributed by atoms with van der Waals surface area (Å²) in [5.41, 5.74) is 1.50. The van der Waals surface area contributed by atoms with Gasteiger partial charge in [-0.2, -0.15) is 0 Å². The van der Waals surface area contributed by atoms with Gasteiger partial charge in [0.05, 0.1) is 18.1 Å². The summed E-state index contributed by atoms with van der Waals surface area (Å²) in [4.78, 5) is 12.7. The molecular weight excluding hydrogens is 302 g/mol. The molecule has 3 aromatic rings. The van der Waals surface area contributed by atoms with Gasteiger partial charge in [-0.05, 0) is 24.3 Å². The number of hydrogen-bond acceptors (Lipinski definition) is 5. The summed E-state index contributed by atoms with van der Waals surface area (Å²) in [6.45, 7) is 0. The molecule has 0 unspecified atom stereocenters. The van der Waals surface area contributed by atoms with Gasteiger partial charge in [0, 0.05) is 18.6 Å². The van der Waals surface area contributed by atoms with E-state index in [0.717, 1.165) is 17.6 Å². The van der Waals surface area contributed by atoms with E-state index in [-0.39, 0.29) is 5.82 Å². The number of nitrogens with one attached hydrogen (secondary N) is 1. The normalized spacial score (nSPS) is 11.3. The lowest BCUT2D eigenvalue weighted by molar-refractivity contribution is 0.606. The van der Waals surface area contributed by atoms with Crippen molar-refractivity contribution in [2.24, 2.45) is 0 Å². The van der Waals surface area contributed by atoms with Crippen molar-refractivity contribution in [1.29, 1.82) is 0 Å². The zero-order valence-electron chi connectivity index (χ0n) is 11.7. The first-order chi connectivity index (χ1) is 10.5. The van der Waals surface area contributed by atoms with Crippen LogP contribution in [0.3, 0.4) is 0 Å². The van der Waals surface area contributed by atoms with Gasteiger partial charge in [-0.25, -0.2) is 18.4 Å². The second kappa shape index (κ2) is 5.57. The molecule has 0 saturated heterocycles. The molecule has 7 nitrogen and oxygen atoms in total. The molecule has 0 saturated carbocycles. The molecule has 0 spiro atoms. The number of hydrogen-bond donors (Lipinski definition) is 1. The molecule has 3 rings (SSSR count). The fourth-order valence-electron chi connectivity index (χ4n) is 1.98. The minimum Gasteiger partial charge on any atom is -0.297 e. The molecule has 0 aliphatic rings. The van der Waals surface area contributed by atoms with E-state index in [1.165, 1.54) is 0 Å². The lowest BCUT2D eigenvalue weighted by Crippen LogP contribution is -2.10. The smallest absolute Gasteiger partial charge is 0.230 e. The van der Waals surface area contributed by atoms with Crippen molar-refractivity contribution in [3.63, 3.8) is 0 Å². The van der Waals surface area contributed by atoms with Crippen LogP contribution in [0, 0.1) is 0 Å². The van der Waals surface area contributed by atoms with E-state index >= 15 is 0 Å². The molecule has 0 radical (unpaired) electrons. The highest BCUT2D eigenvalue weighted by atomic mass is 32.2. The summed E-state index contributed by atoms with van der Waals surface area (Å²) < 4.78 is 26.5. The van der Waals surface area contributed by atoms with Gasteiger partial charge < -0.3 is 0 Å². The molecule has 0 fully saturated rings. The van der Waals surface area contributed by atoms with Crippen LogP contribution in [0.15, 0.2) is 55.1 Å². The number of sulfonamides is 1. The van der Waals surface area contributed by atoms with Gasteiger partial charge in [0.25, 0.3) is 0 Å². The molecule has 0 amide bonds. The Morgan fingerprint density at radius 3 is 2.55 bits per heavy atom. The Kier molecular flexibility index (Phi) is 3.60. The number of imidazole rings is 1. The second-order valence-corrected chi connectivity index (χ2v) is 6.36. The number of nitrogens with zero attached hydrogens (tertiary/aromatic N) is 4. The number of pyridine rings is 2. The number of rotatable bonds is 4. The van der Waals surface area contributed by atoms with Crippen LogP contribution in [0.4, 0.5) is 5.82 Å². The quantitative estimate of drug-likeness (QED) is 0.791. The molecule has 0 aliphatic carbocycles. The summed E-state index contributed by atoms with van der Waals surface area (Å²) in [5, 5.41) is 0. The van der Waals surface area contributed by atoms with E-state index in [2.05, 4.69) is 19.7 Å². The highest BCUT2D eigenvalue weighted by molar-refractivity contribution is 7.92. The zero-order valence-corrected chi connectivity index (χ0v) is 12.5. The molecule has 0 aliphatic heterocycles. The van der Waals surface area contributed by atoms with E-state index < -0.39 is 10.0 Å². The molecule has 22 heavy (non-hydrogen) atoms. The van der Waals surface area contributed by atoms with Crippen LogP contribution in [0.25, 0.3) is 17.2 Å². The Labute approximate surface area is 127 Å². The van der Waals surface area contributed by atoms with Crippen molar-refractivity contribution < 1.29 is 8.42 Å². The Hall–Kier alpha value is -2.74. The van der Waals surface area contributed by atoms with Crippen LogP contribution < -0.4 is 4.72 Å². The molecule has 0 atom stereocenters. The summed E-state index contributed by atoms with van der Waals surface area (Å²) >= 11 is 0. The standard InChI is InChI=1S/C14H13N5O2S/c1-22(20,21)18-13-6-5-11(10-17-13)19-9-8-16-14(19)12-4-2-3-7-15-12/h2-10H,1H3,(H,17,18). The third-order valence-electron chi connectivity index (χ3n) is 2.85. The van der Waals surface area contributed by atoms with Crippen molar-refractivity contribution >= 4 is 15.8 Å². The molecule has 1 N–H and O–H groups in total. The maximum absolute atomic E-state index is 11.2. The maximum Gasteiger partial charge on any atom is 0.230 e. The van der Waals surface area contributed by atoms with E-state index in [4.69, 9.17) is 0 Å². The van der Waals surface area contributed by atoms with Crippen LogP contribution >= 0.6 is 0 Å². The van der Waals surface area contributed by atoms with Crippen LogP contribution in [0.1, 0.15) is 0 Å². The first-order valence-electron chi connectivity index (χ1n) is 6.42. The Bertz CT molecular complexity index is 873. The van der Waals surface area contributed by atoms with Gasteiger partial charge in [0.2, 0.25) is 10.0 Å². The SMILES string of the molecule is CS(=O)(=O)Nc1ccc(-n2ccnc2-c2ccccn2)cn1. The molecule has 0 bridgehead atoms. The van der Waals surface area contributed by atoms with Crippen molar-refractivity contribution in [2.45, 2.75) is 0 Å². The second-order valence-electron chi connectivity index (χ2n) is 4.61. The fourth-order valence-corrected chi connectivity index (χ4v) is 2.48. The summed E-state index contributed by atoms with van der Waals surface area (Å²) in [6.07, 6.45) is 7.82. The van der Waals surface area contributed by atoms with Crippen molar-refractivity contribution in [3.05, 3.63) is 55.1 Å². The lowest BCUT2D eigenvalue weighted by Gasteiger charge is -2.08. The van der Waals surface area contributed by atoms with Crippen LogP contribution in [0.5, 0.6) is 0 Å².